The zero-order valence-electron chi connectivity index (χ0n) is 14.6. The second kappa shape index (κ2) is 8.30. The molecule has 3 rings (SSSR count). The van der Waals surface area contributed by atoms with Crippen molar-refractivity contribution in [2.45, 2.75) is 38.6 Å². The molecule has 3 N–H and O–H groups in total. The Kier molecular flexibility index (Phi) is 5.87. The Bertz CT molecular complexity index is 656. The molecule has 0 bridgehead atoms. The van der Waals surface area contributed by atoms with Gasteiger partial charge in [0.15, 0.2) is 0 Å². The van der Waals surface area contributed by atoms with E-state index >= 15 is 0 Å². The zero-order valence-corrected chi connectivity index (χ0v) is 14.6. The molecule has 0 radical (unpaired) electrons. The quantitative estimate of drug-likeness (QED) is 0.809. The van der Waals surface area contributed by atoms with Gasteiger partial charge < -0.3 is 11.1 Å². The topological polar surface area (TPSA) is 75.4 Å². The number of hydrogen-bond donors (Lipinski definition) is 2. The van der Waals surface area contributed by atoms with E-state index < -0.39 is 0 Å². The normalized spacial score (nSPS) is 24.0. The van der Waals surface area contributed by atoms with Crippen LogP contribution in [0.15, 0.2) is 36.4 Å². The Morgan fingerprint density at radius 2 is 2.00 bits per heavy atom. The van der Waals surface area contributed by atoms with Crippen LogP contribution in [0.1, 0.15) is 37.7 Å². The van der Waals surface area contributed by atoms with Crippen LogP contribution >= 0.6 is 0 Å². The first-order valence-corrected chi connectivity index (χ1v) is 9.19. The highest BCUT2D eigenvalue weighted by Crippen LogP contribution is 2.24. The number of nitrogens with zero attached hydrogens (tertiary/aromatic N) is 1. The summed E-state index contributed by atoms with van der Waals surface area (Å²) in [7, 11) is 0. The number of benzene rings is 1. The number of allylic oxidation sites excluding steroid dienone is 2. The third-order valence-corrected chi connectivity index (χ3v) is 5.22. The van der Waals surface area contributed by atoms with Gasteiger partial charge in [0, 0.05) is 24.7 Å². The van der Waals surface area contributed by atoms with E-state index in [0.717, 1.165) is 56.4 Å². The van der Waals surface area contributed by atoms with Crippen LogP contribution in [0.2, 0.25) is 0 Å². The largest absolute Gasteiger partial charge is 0.369 e. The number of rotatable bonds is 5. The Balaban J connectivity index is 1.65. The van der Waals surface area contributed by atoms with Gasteiger partial charge in [-0.25, -0.2) is 0 Å². The molecular weight excluding hydrogens is 314 g/mol. The minimum Gasteiger partial charge on any atom is -0.369 e. The lowest BCUT2D eigenvalue weighted by atomic mass is 9.93. The summed E-state index contributed by atoms with van der Waals surface area (Å²) in [6.07, 6.45) is 8.80. The number of piperidine rings is 1. The number of para-hydroxylation sites is 1. The average Bonchev–Trinajstić information content (AvgIpc) is 2.64. The highest BCUT2D eigenvalue weighted by Gasteiger charge is 2.25. The van der Waals surface area contributed by atoms with Gasteiger partial charge in [0.25, 0.3) is 0 Å². The fraction of sp³-hybridized carbons (Fsp3) is 0.500. The fourth-order valence-corrected chi connectivity index (χ4v) is 3.72. The van der Waals surface area contributed by atoms with Crippen molar-refractivity contribution in [2.75, 3.05) is 18.4 Å². The van der Waals surface area contributed by atoms with Crippen molar-refractivity contribution in [2.24, 2.45) is 17.6 Å². The number of nitrogens with two attached hydrogens (primary N) is 1. The Morgan fingerprint density at radius 3 is 2.76 bits per heavy atom. The molecule has 134 valence electrons. The molecule has 5 nitrogen and oxygen atoms in total. The van der Waals surface area contributed by atoms with Crippen molar-refractivity contribution in [1.82, 2.24) is 4.90 Å². The standard InChI is InChI=1S/C20H27N3O2/c21-19(24)17-10-6-12-23(14-17)13-16-9-4-5-11-18(16)22-20(25)15-7-2-1-3-8-15/h1-2,4-5,9,11,15,17H,3,6-8,10,12-14H2,(H2,21,24)(H,22,25). The summed E-state index contributed by atoms with van der Waals surface area (Å²) in [6, 6.07) is 7.94. The summed E-state index contributed by atoms with van der Waals surface area (Å²) in [5.41, 5.74) is 7.44. The Labute approximate surface area is 149 Å². The Morgan fingerprint density at radius 1 is 1.16 bits per heavy atom. The molecule has 1 aliphatic carbocycles. The molecule has 0 aromatic heterocycles. The number of carbonyl (C=O) groups is 2. The van der Waals surface area contributed by atoms with Crippen LogP contribution in [0.4, 0.5) is 5.69 Å². The van der Waals surface area contributed by atoms with Crippen molar-refractivity contribution in [1.29, 1.82) is 0 Å². The molecule has 1 aromatic rings. The van der Waals surface area contributed by atoms with Gasteiger partial charge in [0.05, 0.1) is 5.92 Å². The van der Waals surface area contributed by atoms with Gasteiger partial charge in [0.1, 0.15) is 0 Å². The second-order valence-corrected chi connectivity index (χ2v) is 7.10. The van der Waals surface area contributed by atoms with Crippen molar-refractivity contribution >= 4 is 17.5 Å². The summed E-state index contributed by atoms with van der Waals surface area (Å²) < 4.78 is 0. The lowest BCUT2D eigenvalue weighted by Gasteiger charge is -2.31. The van der Waals surface area contributed by atoms with E-state index in [2.05, 4.69) is 22.4 Å². The molecule has 1 aliphatic heterocycles. The summed E-state index contributed by atoms with van der Waals surface area (Å²) in [6.45, 7) is 2.38. The molecule has 1 fully saturated rings. The number of likely N-dealkylation sites (tertiary alicyclic amines) is 1. The second-order valence-electron chi connectivity index (χ2n) is 7.10. The maximum absolute atomic E-state index is 12.5. The van der Waals surface area contributed by atoms with Gasteiger partial charge in [-0.1, -0.05) is 30.4 Å². The van der Waals surface area contributed by atoms with E-state index in [4.69, 9.17) is 5.73 Å². The van der Waals surface area contributed by atoms with Crippen LogP contribution in [-0.2, 0) is 16.1 Å². The number of primary amides is 1. The predicted molar refractivity (Wildman–Crippen MR) is 98.7 cm³/mol. The molecule has 2 unspecified atom stereocenters. The predicted octanol–water partition coefficient (Wildman–Crippen LogP) is 2.68. The molecule has 0 spiro atoms. The van der Waals surface area contributed by atoms with Gasteiger partial charge in [-0.3, -0.25) is 14.5 Å². The van der Waals surface area contributed by atoms with E-state index in [-0.39, 0.29) is 23.7 Å². The SMILES string of the molecule is NC(=O)C1CCCN(Cc2ccccc2NC(=O)C2CC=CCC2)C1. The number of amides is 2. The maximum Gasteiger partial charge on any atom is 0.227 e. The first-order valence-electron chi connectivity index (χ1n) is 9.19. The molecule has 1 saturated heterocycles. The molecule has 25 heavy (non-hydrogen) atoms. The molecule has 0 saturated carbocycles. The van der Waals surface area contributed by atoms with Crippen molar-refractivity contribution in [3.05, 3.63) is 42.0 Å². The van der Waals surface area contributed by atoms with Crippen molar-refractivity contribution < 1.29 is 9.59 Å². The van der Waals surface area contributed by atoms with Gasteiger partial charge in [-0.2, -0.15) is 0 Å². The summed E-state index contributed by atoms with van der Waals surface area (Å²) in [5.74, 6) is -0.112. The van der Waals surface area contributed by atoms with E-state index in [9.17, 15) is 9.59 Å². The monoisotopic (exact) mass is 341 g/mol. The molecule has 2 atom stereocenters. The van der Waals surface area contributed by atoms with E-state index in [1.54, 1.807) is 0 Å². The third kappa shape index (κ3) is 4.69. The van der Waals surface area contributed by atoms with Crippen LogP contribution in [0, 0.1) is 11.8 Å². The number of anilines is 1. The minimum absolute atomic E-state index is 0.0623. The van der Waals surface area contributed by atoms with Crippen LogP contribution in [0.3, 0.4) is 0 Å². The van der Waals surface area contributed by atoms with Crippen LogP contribution in [0.5, 0.6) is 0 Å². The van der Waals surface area contributed by atoms with Gasteiger partial charge >= 0.3 is 0 Å². The molecule has 1 aromatic carbocycles. The molecular formula is C20H27N3O2. The van der Waals surface area contributed by atoms with Crippen LogP contribution < -0.4 is 11.1 Å². The van der Waals surface area contributed by atoms with Crippen LogP contribution in [0.25, 0.3) is 0 Å². The number of carbonyl (C=O) groups excluding carboxylic acids is 2. The minimum atomic E-state index is -0.211. The van der Waals surface area contributed by atoms with E-state index in [1.807, 2.05) is 24.3 Å². The first kappa shape index (κ1) is 17.7. The van der Waals surface area contributed by atoms with Crippen molar-refractivity contribution in [3.8, 4) is 0 Å². The zero-order chi connectivity index (χ0) is 17.6. The summed E-state index contributed by atoms with van der Waals surface area (Å²) in [5, 5.41) is 3.11. The highest BCUT2D eigenvalue weighted by atomic mass is 16.2. The van der Waals surface area contributed by atoms with Gasteiger partial charge in [-0.15, -0.1) is 0 Å². The smallest absolute Gasteiger partial charge is 0.227 e. The molecule has 2 aliphatic rings. The number of hydrogen-bond acceptors (Lipinski definition) is 3. The first-order chi connectivity index (χ1) is 12.1. The lowest BCUT2D eigenvalue weighted by Crippen LogP contribution is -2.40. The summed E-state index contributed by atoms with van der Waals surface area (Å²) >= 11 is 0. The maximum atomic E-state index is 12.5. The third-order valence-electron chi connectivity index (χ3n) is 5.22. The fourth-order valence-electron chi connectivity index (χ4n) is 3.72. The highest BCUT2D eigenvalue weighted by molar-refractivity contribution is 5.93. The van der Waals surface area contributed by atoms with Crippen LogP contribution in [-0.4, -0.2) is 29.8 Å². The molecule has 5 heteroatoms. The number of nitrogens with one attached hydrogen (secondary N) is 1. The lowest BCUT2D eigenvalue weighted by molar-refractivity contribution is -0.123. The average molecular weight is 341 g/mol. The van der Waals surface area contributed by atoms with E-state index in [0.29, 0.717) is 6.54 Å². The summed E-state index contributed by atoms with van der Waals surface area (Å²) in [4.78, 5) is 26.3. The van der Waals surface area contributed by atoms with Crippen molar-refractivity contribution in [3.63, 3.8) is 0 Å². The van der Waals surface area contributed by atoms with Gasteiger partial charge in [0.2, 0.25) is 11.8 Å². The molecule has 2 amide bonds. The Hall–Kier alpha value is -2.14. The van der Waals surface area contributed by atoms with E-state index in [1.165, 1.54) is 0 Å². The molecule has 1 heterocycles. The van der Waals surface area contributed by atoms with Gasteiger partial charge in [-0.05, 0) is 50.3 Å².